The Morgan fingerprint density at radius 3 is 2.43 bits per heavy atom. The molecule has 1 heterocycles. The second-order valence-corrected chi connectivity index (χ2v) is 9.14. The molecule has 1 saturated heterocycles. The van der Waals surface area contributed by atoms with Crippen molar-refractivity contribution in [1.82, 2.24) is 9.84 Å². The molecule has 23 heavy (non-hydrogen) atoms. The van der Waals surface area contributed by atoms with E-state index in [9.17, 15) is 13.2 Å². The molecular weight excluding hydrogens is 312 g/mol. The van der Waals surface area contributed by atoms with E-state index in [1.165, 1.54) is 0 Å². The number of carbonyl (C=O) groups excluding carboxylic acids is 1. The minimum Gasteiger partial charge on any atom is -0.285 e. The summed E-state index contributed by atoms with van der Waals surface area (Å²) in [6.07, 6.45) is 3.69. The average Bonchev–Trinajstić information content (AvgIpc) is 3.03. The first-order valence-corrected chi connectivity index (χ1v) is 9.31. The Labute approximate surface area is 136 Å². The van der Waals surface area contributed by atoms with Crippen molar-refractivity contribution in [2.45, 2.75) is 38.5 Å². The van der Waals surface area contributed by atoms with Gasteiger partial charge in [-0.1, -0.05) is 37.6 Å². The lowest BCUT2D eigenvalue weighted by atomic mass is 9.68. The third kappa shape index (κ3) is 1.57. The minimum atomic E-state index is -3.89. The molecule has 2 atom stereocenters. The van der Waals surface area contributed by atoms with Crippen LogP contribution in [-0.2, 0) is 14.8 Å². The van der Waals surface area contributed by atoms with Crippen molar-refractivity contribution in [3.8, 4) is 0 Å². The second kappa shape index (κ2) is 4.17. The Morgan fingerprint density at radius 1 is 1.22 bits per heavy atom. The molecule has 0 aromatic heterocycles. The Bertz CT molecular complexity index is 839. The number of benzene rings is 1. The number of sulfonamides is 1. The van der Waals surface area contributed by atoms with E-state index in [-0.39, 0.29) is 16.2 Å². The molecule has 1 amide bonds. The van der Waals surface area contributed by atoms with Gasteiger partial charge in [0.15, 0.2) is 0 Å². The molecule has 2 fully saturated rings. The van der Waals surface area contributed by atoms with Crippen molar-refractivity contribution in [3.63, 3.8) is 0 Å². The zero-order chi connectivity index (χ0) is 16.6. The molecular formula is C17H20N2O3S. The molecule has 2 unspecified atom stereocenters. The SMILES string of the molecule is Cc1ccc(S(=O)(=O)N2NC3=CC4CCC3(C2=O)C4(C)C)cc1. The molecule has 1 saturated carbocycles. The van der Waals surface area contributed by atoms with E-state index in [1.807, 2.05) is 13.0 Å². The van der Waals surface area contributed by atoms with E-state index < -0.39 is 15.4 Å². The molecule has 2 aliphatic carbocycles. The van der Waals surface area contributed by atoms with Crippen LogP contribution in [0.25, 0.3) is 0 Å². The standard InChI is InChI=1S/C17H20N2O3S/c1-11-4-6-13(7-5-11)23(21,22)19-15(20)17-9-8-12(16(17,2)3)10-14(17)18-19/h4-7,10,12,18H,8-9H2,1-3H3. The highest BCUT2D eigenvalue weighted by Crippen LogP contribution is 2.67. The Hall–Kier alpha value is -1.82. The molecule has 6 heteroatoms. The zero-order valence-corrected chi connectivity index (χ0v) is 14.3. The number of allylic oxidation sites excluding steroid dienone is 1. The van der Waals surface area contributed by atoms with E-state index in [0.717, 1.165) is 22.1 Å². The van der Waals surface area contributed by atoms with Gasteiger partial charge in [-0.25, -0.2) is 0 Å². The number of hydrogen-bond acceptors (Lipinski definition) is 4. The molecule has 1 aliphatic heterocycles. The number of rotatable bonds is 2. The van der Waals surface area contributed by atoms with Crippen LogP contribution in [0.15, 0.2) is 40.9 Å². The summed E-state index contributed by atoms with van der Waals surface area (Å²) >= 11 is 0. The molecule has 1 aromatic rings. The molecule has 0 radical (unpaired) electrons. The van der Waals surface area contributed by atoms with Crippen molar-refractivity contribution in [1.29, 1.82) is 0 Å². The van der Waals surface area contributed by atoms with Crippen LogP contribution in [0.1, 0.15) is 32.3 Å². The lowest BCUT2D eigenvalue weighted by molar-refractivity contribution is -0.135. The molecule has 122 valence electrons. The summed E-state index contributed by atoms with van der Waals surface area (Å²) in [4.78, 5) is 13.2. The van der Waals surface area contributed by atoms with Gasteiger partial charge in [-0.05, 0) is 43.2 Å². The predicted molar refractivity (Wildman–Crippen MR) is 85.4 cm³/mol. The number of carbonyl (C=O) groups is 1. The Kier molecular flexibility index (Phi) is 2.68. The summed E-state index contributed by atoms with van der Waals surface area (Å²) in [6, 6.07) is 6.56. The maximum Gasteiger partial charge on any atom is 0.284 e. The fraction of sp³-hybridized carbons (Fsp3) is 0.471. The second-order valence-electron chi connectivity index (χ2n) is 7.35. The average molecular weight is 332 g/mol. The minimum absolute atomic E-state index is 0.133. The number of hydrazine groups is 1. The van der Waals surface area contributed by atoms with Crippen LogP contribution in [0.3, 0.4) is 0 Å². The number of nitrogens with one attached hydrogen (secondary N) is 1. The number of fused-ring (bicyclic) bond motifs is 1. The molecule has 5 nitrogen and oxygen atoms in total. The van der Waals surface area contributed by atoms with Crippen molar-refractivity contribution in [2.24, 2.45) is 16.7 Å². The summed E-state index contributed by atoms with van der Waals surface area (Å²) in [5.41, 5.74) is 3.67. The van der Waals surface area contributed by atoms with Crippen LogP contribution in [0, 0.1) is 23.7 Å². The summed E-state index contributed by atoms with van der Waals surface area (Å²) in [6.45, 7) is 6.02. The van der Waals surface area contributed by atoms with Gasteiger partial charge in [-0.15, -0.1) is 4.41 Å². The van der Waals surface area contributed by atoms with Gasteiger partial charge in [0.2, 0.25) is 0 Å². The number of hydrogen-bond donors (Lipinski definition) is 1. The van der Waals surface area contributed by atoms with Crippen molar-refractivity contribution >= 4 is 15.9 Å². The van der Waals surface area contributed by atoms with Crippen LogP contribution in [0.2, 0.25) is 0 Å². The topological polar surface area (TPSA) is 66.5 Å². The van der Waals surface area contributed by atoms with Gasteiger partial charge in [-0.2, -0.15) is 8.42 Å². The van der Waals surface area contributed by atoms with Crippen molar-refractivity contribution in [2.75, 3.05) is 0 Å². The van der Waals surface area contributed by atoms with Crippen LogP contribution in [-0.4, -0.2) is 18.7 Å². The van der Waals surface area contributed by atoms with Crippen LogP contribution in [0.4, 0.5) is 0 Å². The van der Waals surface area contributed by atoms with Gasteiger partial charge < -0.3 is 0 Å². The summed E-state index contributed by atoms with van der Waals surface area (Å²) < 4.78 is 26.6. The van der Waals surface area contributed by atoms with E-state index in [0.29, 0.717) is 12.3 Å². The van der Waals surface area contributed by atoms with E-state index >= 15 is 0 Å². The summed E-state index contributed by atoms with van der Waals surface area (Å²) in [7, 11) is -3.89. The monoisotopic (exact) mass is 332 g/mol. The highest BCUT2D eigenvalue weighted by molar-refractivity contribution is 7.89. The fourth-order valence-corrected chi connectivity index (χ4v) is 5.72. The van der Waals surface area contributed by atoms with Gasteiger partial charge in [0.05, 0.1) is 10.3 Å². The highest BCUT2D eigenvalue weighted by atomic mass is 32.2. The van der Waals surface area contributed by atoms with Gasteiger partial charge in [0.25, 0.3) is 15.9 Å². The van der Waals surface area contributed by atoms with Crippen LogP contribution < -0.4 is 5.43 Å². The lowest BCUT2D eigenvalue weighted by Gasteiger charge is -2.33. The Balaban J connectivity index is 1.79. The van der Waals surface area contributed by atoms with Gasteiger partial charge in [-0.3, -0.25) is 10.2 Å². The Morgan fingerprint density at radius 2 is 1.87 bits per heavy atom. The molecule has 1 N–H and O–H groups in total. The van der Waals surface area contributed by atoms with E-state index in [1.54, 1.807) is 24.3 Å². The molecule has 1 spiro atoms. The van der Waals surface area contributed by atoms with Crippen LogP contribution in [0.5, 0.6) is 0 Å². The molecule has 2 bridgehead atoms. The highest BCUT2D eigenvalue weighted by Gasteiger charge is 2.70. The van der Waals surface area contributed by atoms with E-state index in [4.69, 9.17) is 0 Å². The smallest absolute Gasteiger partial charge is 0.284 e. The third-order valence-corrected chi connectivity index (χ3v) is 7.62. The van der Waals surface area contributed by atoms with Crippen molar-refractivity contribution in [3.05, 3.63) is 41.6 Å². The fourth-order valence-electron chi connectivity index (χ4n) is 4.44. The van der Waals surface area contributed by atoms with E-state index in [2.05, 4.69) is 19.3 Å². The number of amides is 1. The third-order valence-electron chi connectivity index (χ3n) is 6.02. The maximum atomic E-state index is 13.1. The van der Waals surface area contributed by atoms with Crippen LogP contribution >= 0.6 is 0 Å². The van der Waals surface area contributed by atoms with Crippen molar-refractivity contribution < 1.29 is 13.2 Å². The first kappa shape index (κ1) is 14.8. The van der Waals surface area contributed by atoms with Gasteiger partial charge in [0.1, 0.15) is 0 Å². The first-order valence-electron chi connectivity index (χ1n) is 7.87. The predicted octanol–water partition coefficient (Wildman–Crippen LogP) is 2.35. The normalized spacial score (nSPS) is 31.1. The molecule has 3 aliphatic rings. The van der Waals surface area contributed by atoms with Gasteiger partial charge in [0, 0.05) is 5.70 Å². The molecule has 1 aromatic carbocycles. The summed E-state index contributed by atoms with van der Waals surface area (Å²) in [5.74, 6) is -0.00694. The number of aryl methyl sites for hydroxylation is 1. The maximum absolute atomic E-state index is 13.1. The summed E-state index contributed by atoms with van der Waals surface area (Å²) in [5, 5.41) is 0. The number of nitrogens with zero attached hydrogens (tertiary/aromatic N) is 1. The first-order chi connectivity index (χ1) is 10.7. The largest absolute Gasteiger partial charge is 0.285 e. The zero-order valence-electron chi connectivity index (χ0n) is 13.5. The van der Waals surface area contributed by atoms with Gasteiger partial charge >= 0.3 is 0 Å². The molecule has 4 rings (SSSR count). The quantitative estimate of drug-likeness (QED) is 0.903. The lowest BCUT2D eigenvalue weighted by Crippen LogP contribution is -2.45.